The standard InChI is InChI=1S/C14H17N5O6/c1-7-4-18(14(22)16-13(7)21)12-3-9(10(6-20)25-12)17-5-11(19(23)24)15-8(17)2/h4-5,9-10,12,20H,3,6H2,1-2H3,(H,16,21,22)/t9-,10+,12+/m0/s1. The van der Waals surface area contributed by atoms with E-state index >= 15 is 0 Å². The second-order valence-electron chi connectivity index (χ2n) is 5.90. The highest BCUT2D eigenvalue weighted by Gasteiger charge is 2.39. The van der Waals surface area contributed by atoms with E-state index in [-0.39, 0.29) is 18.8 Å². The number of aromatic nitrogens is 4. The minimum atomic E-state index is -0.717. The predicted molar refractivity (Wildman–Crippen MR) is 84.3 cm³/mol. The lowest BCUT2D eigenvalue weighted by atomic mass is 10.1. The first kappa shape index (κ1) is 17.0. The normalized spacial score (nSPS) is 23.1. The van der Waals surface area contributed by atoms with E-state index in [2.05, 4.69) is 9.97 Å². The molecule has 11 nitrogen and oxygen atoms in total. The van der Waals surface area contributed by atoms with E-state index < -0.39 is 34.5 Å². The number of aromatic amines is 1. The molecule has 11 heteroatoms. The molecule has 2 aromatic rings. The van der Waals surface area contributed by atoms with Gasteiger partial charge in [0, 0.05) is 25.1 Å². The van der Waals surface area contributed by atoms with Crippen molar-refractivity contribution in [2.24, 2.45) is 0 Å². The van der Waals surface area contributed by atoms with Crippen LogP contribution in [0.2, 0.25) is 0 Å². The van der Waals surface area contributed by atoms with Crippen molar-refractivity contribution in [3.8, 4) is 0 Å². The van der Waals surface area contributed by atoms with Crippen molar-refractivity contribution in [3.05, 3.63) is 54.7 Å². The fraction of sp³-hybridized carbons (Fsp3) is 0.500. The molecule has 25 heavy (non-hydrogen) atoms. The summed E-state index contributed by atoms with van der Waals surface area (Å²) in [5.74, 6) is 0.110. The molecule has 0 aromatic carbocycles. The van der Waals surface area contributed by atoms with Crippen molar-refractivity contribution >= 4 is 5.82 Å². The number of nitrogens with one attached hydrogen (secondary N) is 1. The smallest absolute Gasteiger partial charge is 0.381 e. The van der Waals surface area contributed by atoms with E-state index in [1.807, 2.05) is 0 Å². The molecule has 1 aliphatic rings. The van der Waals surface area contributed by atoms with E-state index in [0.717, 1.165) is 0 Å². The number of aliphatic hydroxyl groups is 1. The summed E-state index contributed by atoms with van der Waals surface area (Å²) >= 11 is 0. The molecule has 0 spiro atoms. The summed E-state index contributed by atoms with van der Waals surface area (Å²) in [4.78, 5) is 39.9. The van der Waals surface area contributed by atoms with Crippen LogP contribution in [0.4, 0.5) is 5.82 Å². The third-order valence-electron chi connectivity index (χ3n) is 4.29. The molecular formula is C14H17N5O6. The van der Waals surface area contributed by atoms with Crippen molar-refractivity contribution in [2.75, 3.05) is 6.61 Å². The van der Waals surface area contributed by atoms with E-state index in [9.17, 15) is 24.8 Å². The molecule has 0 amide bonds. The van der Waals surface area contributed by atoms with Crippen LogP contribution in [0.15, 0.2) is 22.0 Å². The number of ether oxygens (including phenoxy) is 1. The summed E-state index contributed by atoms with van der Waals surface area (Å²) < 4.78 is 8.56. The Morgan fingerprint density at radius 1 is 1.40 bits per heavy atom. The van der Waals surface area contributed by atoms with Crippen molar-refractivity contribution in [3.63, 3.8) is 0 Å². The Kier molecular flexibility index (Phi) is 4.27. The molecule has 2 aromatic heterocycles. The Balaban J connectivity index is 1.96. The highest BCUT2D eigenvalue weighted by atomic mass is 16.6. The Morgan fingerprint density at radius 2 is 2.12 bits per heavy atom. The van der Waals surface area contributed by atoms with Gasteiger partial charge in [-0.3, -0.25) is 14.3 Å². The van der Waals surface area contributed by atoms with Crippen LogP contribution >= 0.6 is 0 Å². The molecule has 0 aliphatic carbocycles. The summed E-state index contributed by atoms with van der Waals surface area (Å²) in [7, 11) is 0. The number of H-pyrrole nitrogens is 1. The first-order valence-electron chi connectivity index (χ1n) is 7.60. The van der Waals surface area contributed by atoms with Crippen molar-refractivity contribution < 1.29 is 14.8 Å². The van der Waals surface area contributed by atoms with Gasteiger partial charge < -0.3 is 24.5 Å². The Morgan fingerprint density at radius 3 is 2.72 bits per heavy atom. The van der Waals surface area contributed by atoms with E-state index in [1.54, 1.807) is 18.4 Å². The average molecular weight is 351 g/mol. The molecule has 0 unspecified atom stereocenters. The summed E-state index contributed by atoms with van der Waals surface area (Å²) in [6.07, 6.45) is 1.58. The molecular weight excluding hydrogens is 334 g/mol. The molecule has 2 N–H and O–H groups in total. The molecule has 1 fully saturated rings. The van der Waals surface area contributed by atoms with Crippen LogP contribution in [0.5, 0.6) is 0 Å². The lowest BCUT2D eigenvalue weighted by Gasteiger charge is -2.16. The first-order chi connectivity index (χ1) is 11.8. The molecule has 3 heterocycles. The second kappa shape index (κ2) is 6.26. The highest BCUT2D eigenvalue weighted by Crippen LogP contribution is 2.37. The number of hydrogen-bond acceptors (Lipinski definition) is 7. The molecule has 134 valence electrons. The van der Waals surface area contributed by atoms with Gasteiger partial charge in [0.05, 0.1) is 12.6 Å². The van der Waals surface area contributed by atoms with Gasteiger partial charge in [-0.25, -0.2) is 4.79 Å². The zero-order valence-electron chi connectivity index (χ0n) is 13.6. The van der Waals surface area contributed by atoms with Gasteiger partial charge >= 0.3 is 11.5 Å². The number of rotatable bonds is 4. The molecule has 3 atom stereocenters. The molecule has 1 saturated heterocycles. The van der Waals surface area contributed by atoms with Crippen LogP contribution in [0.1, 0.15) is 30.1 Å². The van der Waals surface area contributed by atoms with Gasteiger partial charge in [0.15, 0.2) is 0 Å². The maximum atomic E-state index is 12.0. The number of nitro groups is 1. The van der Waals surface area contributed by atoms with Crippen molar-refractivity contribution in [1.82, 2.24) is 19.1 Å². The zero-order valence-corrected chi connectivity index (χ0v) is 13.6. The van der Waals surface area contributed by atoms with Crippen LogP contribution < -0.4 is 11.2 Å². The molecule has 0 bridgehead atoms. The van der Waals surface area contributed by atoms with Crippen molar-refractivity contribution in [1.29, 1.82) is 0 Å². The van der Waals surface area contributed by atoms with Crippen LogP contribution in [-0.4, -0.2) is 41.8 Å². The Bertz CT molecular complexity index is 929. The maximum absolute atomic E-state index is 12.0. The minimum absolute atomic E-state index is 0.283. The van der Waals surface area contributed by atoms with Crippen LogP contribution in [0, 0.1) is 24.0 Å². The van der Waals surface area contributed by atoms with Crippen LogP contribution in [0.25, 0.3) is 0 Å². The van der Waals surface area contributed by atoms with Gasteiger partial charge in [-0.1, -0.05) is 0 Å². The molecule has 3 rings (SSSR count). The zero-order chi connectivity index (χ0) is 18.3. The monoisotopic (exact) mass is 351 g/mol. The summed E-state index contributed by atoms with van der Waals surface area (Å²) in [6.45, 7) is 2.85. The summed E-state index contributed by atoms with van der Waals surface area (Å²) in [5.41, 5.74) is -0.747. The lowest BCUT2D eigenvalue weighted by molar-refractivity contribution is -0.389. The van der Waals surface area contributed by atoms with Gasteiger partial charge in [0.25, 0.3) is 5.56 Å². The number of imidazole rings is 1. The van der Waals surface area contributed by atoms with Gasteiger partial charge in [-0.15, -0.1) is 0 Å². The number of nitrogens with zero attached hydrogens (tertiary/aromatic N) is 4. The fourth-order valence-electron chi connectivity index (χ4n) is 3.04. The quantitative estimate of drug-likeness (QED) is 0.572. The van der Waals surface area contributed by atoms with E-state index in [0.29, 0.717) is 11.4 Å². The third-order valence-corrected chi connectivity index (χ3v) is 4.29. The van der Waals surface area contributed by atoms with Crippen molar-refractivity contribution in [2.45, 2.75) is 38.6 Å². The Hall–Kier alpha value is -2.79. The molecule has 0 radical (unpaired) electrons. The highest BCUT2D eigenvalue weighted by molar-refractivity contribution is 5.18. The van der Waals surface area contributed by atoms with Gasteiger partial charge in [-0.2, -0.15) is 0 Å². The lowest BCUT2D eigenvalue weighted by Crippen LogP contribution is -2.33. The topological polar surface area (TPSA) is 145 Å². The SMILES string of the molecule is Cc1cn([C@H]2C[C@H](n3cc([N+](=O)[O-])nc3C)[C@@H](CO)O2)c(=O)[nH]c1=O. The molecule has 1 aliphatic heterocycles. The van der Waals surface area contributed by atoms with Gasteiger partial charge in [0.1, 0.15) is 18.5 Å². The fourth-order valence-corrected chi connectivity index (χ4v) is 3.04. The predicted octanol–water partition coefficient (Wildman–Crippen LogP) is -0.221. The molecule has 0 saturated carbocycles. The number of hydrogen-bond donors (Lipinski definition) is 2. The first-order valence-corrected chi connectivity index (χ1v) is 7.60. The third kappa shape index (κ3) is 2.98. The summed E-state index contributed by atoms with van der Waals surface area (Å²) in [5, 5.41) is 20.5. The average Bonchev–Trinajstić information content (AvgIpc) is 3.14. The van der Waals surface area contributed by atoms with E-state index in [1.165, 1.54) is 17.0 Å². The van der Waals surface area contributed by atoms with Gasteiger partial charge in [0.2, 0.25) is 5.82 Å². The number of aryl methyl sites for hydroxylation is 2. The van der Waals surface area contributed by atoms with Crippen LogP contribution in [0.3, 0.4) is 0 Å². The second-order valence-corrected chi connectivity index (χ2v) is 5.90. The summed E-state index contributed by atoms with van der Waals surface area (Å²) in [6, 6.07) is -0.435. The Labute approximate surface area is 140 Å². The van der Waals surface area contributed by atoms with Crippen LogP contribution in [-0.2, 0) is 4.74 Å². The van der Waals surface area contributed by atoms with E-state index in [4.69, 9.17) is 4.74 Å². The van der Waals surface area contributed by atoms with Gasteiger partial charge in [-0.05, 0) is 16.8 Å². The maximum Gasteiger partial charge on any atom is 0.381 e. The number of aliphatic hydroxyl groups excluding tert-OH is 1. The minimum Gasteiger partial charge on any atom is -0.394 e. The largest absolute Gasteiger partial charge is 0.394 e.